The molecule has 3 aliphatic heterocycles. The van der Waals surface area contributed by atoms with E-state index >= 15 is 0 Å². The number of hydrogen-bond donors (Lipinski definition) is 1. The minimum Gasteiger partial charge on any atom is -0.394 e. The Kier molecular flexibility index (Phi) is 5.07. The average Bonchev–Trinajstić information content (AvgIpc) is 3.45. The lowest BCUT2D eigenvalue weighted by molar-refractivity contribution is -0.140. The van der Waals surface area contributed by atoms with Gasteiger partial charge in [0.25, 0.3) is 5.56 Å². The van der Waals surface area contributed by atoms with Gasteiger partial charge in [0.2, 0.25) is 5.91 Å². The molecule has 2 fully saturated rings. The van der Waals surface area contributed by atoms with Crippen molar-refractivity contribution in [2.75, 3.05) is 26.2 Å². The van der Waals surface area contributed by atoms with Crippen molar-refractivity contribution < 1.29 is 9.90 Å². The van der Waals surface area contributed by atoms with Crippen LogP contribution in [0.5, 0.6) is 0 Å². The molecule has 1 N–H and O–H groups in total. The molecule has 2 bridgehead atoms. The maximum atomic E-state index is 13.8. The van der Waals surface area contributed by atoms with Gasteiger partial charge in [0, 0.05) is 62.2 Å². The van der Waals surface area contributed by atoms with Gasteiger partial charge in [-0.15, -0.1) is 0 Å². The van der Waals surface area contributed by atoms with Crippen LogP contribution in [0.15, 0.2) is 53.6 Å². The van der Waals surface area contributed by atoms with E-state index in [9.17, 15) is 14.7 Å². The highest BCUT2D eigenvalue weighted by Crippen LogP contribution is 2.42. The molecule has 8 heteroatoms. The largest absolute Gasteiger partial charge is 0.394 e. The third kappa shape index (κ3) is 3.48. The molecule has 0 unspecified atom stereocenters. The number of aliphatic hydroxyl groups excluding tert-OH is 1. The molecule has 4 atom stereocenters. The van der Waals surface area contributed by atoms with E-state index in [1.54, 1.807) is 10.6 Å². The fourth-order valence-electron chi connectivity index (χ4n) is 6.25. The molecule has 0 aromatic carbocycles. The number of rotatable bonds is 4. The summed E-state index contributed by atoms with van der Waals surface area (Å²) in [5.41, 5.74) is 2.79. The van der Waals surface area contributed by atoms with Crippen molar-refractivity contribution in [2.24, 2.45) is 5.92 Å². The first-order valence-corrected chi connectivity index (χ1v) is 11.9. The third-order valence-corrected chi connectivity index (χ3v) is 7.65. The fraction of sp³-hybridized carbons (Fsp3) is 0.480. The number of nitrogens with zero attached hydrogens (tertiary/aromatic N) is 5. The molecule has 3 aromatic rings. The summed E-state index contributed by atoms with van der Waals surface area (Å²) in [5.74, 6) is 0.255. The summed E-state index contributed by atoms with van der Waals surface area (Å²) in [7, 11) is 0. The number of pyridine rings is 2. The van der Waals surface area contributed by atoms with Gasteiger partial charge in [0.15, 0.2) is 0 Å². The number of aromatic nitrogens is 3. The van der Waals surface area contributed by atoms with Crippen LogP contribution in [-0.2, 0) is 11.3 Å². The first-order valence-electron chi connectivity index (χ1n) is 11.9. The number of likely N-dealkylation sites (tertiary alicyclic amines) is 2. The van der Waals surface area contributed by atoms with Crippen molar-refractivity contribution in [1.29, 1.82) is 0 Å². The van der Waals surface area contributed by atoms with Crippen LogP contribution in [-0.4, -0.2) is 67.0 Å². The first kappa shape index (κ1) is 20.6. The SMILES string of the molecule is O=C([C@H]1[C@@H]2C[C@@H](CN(Cc3cn4ccccc4n3)C2)c2cccc(=O)n21)N1CCC[C@H]1CO. The zero-order chi connectivity index (χ0) is 22.5. The first-order chi connectivity index (χ1) is 16.1. The molecular formula is C25H29N5O3. The maximum absolute atomic E-state index is 13.8. The van der Waals surface area contributed by atoms with E-state index in [2.05, 4.69) is 11.1 Å². The second kappa shape index (κ2) is 8.11. The molecule has 0 saturated carbocycles. The van der Waals surface area contributed by atoms with Crippen LogP contribution in [0.3, 0.4) is 0 Å². The van der Waals surface area contributed by atoms with Crippen LogP contribution in [0.4, 0.5) is 0 Å². The molecule has 3 aromatic heterocycles. The van der Waals surface area contributed by atoms with Crippen LogP contribution in [0.25, 0.3) is 5.65 Å². The predicted octanol–water partition coefficient (Wildman–Crippen LogP) is 1.64. The van der Waals surface area contributed by atoms with Crippen LogP contribution >= 0.6 is 0 Å². The quantitative estimate of drug-likeness (QED) is 0.658. The lowest BCUT2D eigenvalue weighted by atomic mass is 9.78. The molecule has 0 spiro atoms. The van der Waals surface area contributed by atoms with Crippen molar-refractivity contribution in [3.8, 4) is 0 Å². The number of aliphatic hydroxyl groups is 1. The van der Waals surface area contributed by atoms with E-state index in [1.807, 2.05) is 45.8 Å². The zero-order valence-electron chi connectivity index (χ0n) is 18.6. The molecular weight excluding hydrogens is 418 g/mol. The van der Waals surface area contributed by atoms with Gasteiger partial charge in [-0.25, -0.2) is 4.98 Å². The third-order valence-electron chi connectivity index (χ3n) is 7.65. The molecule has 3 aliphatic rings. The molecule has 172 valence electrons. The van der Waals surface area contributed by atoms with Crippen LogP contribution in [0.1, 0.15) is 42.6 Å². The predicted molar refractivity (Wildman–Crippen MR) is 123 cm³/mol. The maximum Gasteiger partial charge on any atom is 0.251 e. The number of imidazole rings is 1. The highest BCUT2D eigenvalue weighted by molar-refractivity contribution is 5.82. The summed E-state index contributed by atoms with van der Waals surface area (Å²) in [6.07, 6.45) is 6.68. The summed E-state index contributed by atoms with van der Waals surface area (Å²) in [4.78, 5) is 35.7. The van der Waals surface area contributed by atoms with Crippen molar-refractivity contribution in [3.05, 3.63) is 70.5 Å². The summed E-state index contributed by atoms with van der Waals surface area (Å²) < 4.78 is 3.79. The molecule has 6 rings (SSSR count). The van der Waals surface area contributed by atoms with Crippen molar-refractivity contribution in [1.82, 2.24) is 23.8 Å². The lowest BCUT2D eigenvalue weighted by Gasteiger charge is -2.47. The summed E-state index contributed by atoms with van der Waals surface area (Å²) in [6, 6.07) is 10.7. The van der Waals surface area contributed by atoms with E-state index in [1.165, 1.54) is 0 Å². The number of carbonyl (C=O) groups excluding carboxylic acids is 1. The number of piperidine rings is 1. The molecule has 33 heavy (non-hydrogen) atoms. The zero-order valence-corrected chi connectivity index (χ0v) is 18.6. The average molecular weight is 448 g/mol. The fourth-order valence-corrected chi connectivity index (χ4v) is 6.25. The van der Waals surface area contributed by atoms with Gasteiger partial charge in [-0.05, 0) is 37.5 Å². The Bertz CT molecular complexity index is 1220. The Morgan fingerprint density at radius 2 is 2.06 bits per heavy atom. The molecule has 0 aliphatic carbocycles. The van der Waals surface area contributed by atoms with Gasteiger partial charge in [-0.1, -0.05) is 12.1 Å². The van der Waals surface area contributed by atoms with Gasteiger partial charge < -0.3 is 14.4 Å². The number of hydrogen-bond acceptors (Lipinski definition) is 5. The lowest BCUT2D eigenvalue weighted by Crippen LogP contribution is -2.54. The van der Waals surface area contributed by atoms with Crippen LogP contribution in [0, 0.1) is 5.92 Å². The molecule has 1 amide bonds. The Hall–Kier alpha value is -2.97. The van der Waals surface area contributed by atoms with E-state index < -0.39 is 6.04 Å². The topological polar surface area (TPSA) is 83.1 Å². The Labute approximate surface area is 192 Å². The number of amides is 1. The summed E-state index contributed by atoms with van der Waals surface area (Å²) >= 11 is 0. The van der Waals surface area contributed by atoms with Crippen molar-refractivity contribution >= 4 is 11.6 Å². The van der Waals surface area contributed by atoms with E-state index in [-0.39, 0.29) is 36.0 Å². The summed E-state index contributed by atoms with van der Waals surface area (Å²) in [6.45, 7) is 2.94. The minimum atomic E-state index is -0.513. The molecule has 6 heterocycles. The highest BCUT2D eigenvalue weighted by Gasteiger charge is 2.46. The molecule has 0 radical (unpaired) electrons. The van der Waals surface area contributed by atoms with Crippen LogP contribution < -0.4 is 5.56 Å². The Balaban J connectivity index is 1.33. The molecule has 2 saturated heterocycles. The van der Waals surface area contributed by atoms with E-state index in [0.717, 1.165) is 55.9 Å². The number of fused-ring (bicyclic) bond motifs is 5. The second-order valence-corrected chi connectivity index (χ2v) is 9.70. The Morgan fingerprint density at radius 1 is 1.15 bits per heavy atom. The van der Waals surface area contributed by atoms with E-state index in [4.69, 9.17) is 4.98 Å². The van der Waals surface area contributed by atoms with Gasteiger partial charge in [-0.2, -0.15) is 0 Å². The van der Waals surface area contributed by atoms with Gasteiger partial charge in [0.1, 0.15) is 11.7 Å². The van der Waals surface area contributed by atoms with E-state index in [0.29, 0.717) is 6.54 Å². The smallest absolute Gasteiger partial charge is 0.251 e. The van der Waals surface area contributed by atoms with Crippen LogP contribution in [0.2, 0.25) is 0 Å². The highest BCUT2D eigenvalue weighted by atomic mass is 16.3. The standard InChI is InChI=1S/C25H29N5O3/c31-16-20-5-4-10-29(20)25(33)24-18-11-17(21-6-3-8-23(32)30(21)24)12-27(13-18)14-19-15-28-9-2-1-7-22(28)26-19/h1-3,6-9,15,17-18,20,24,31H,4-5,10-14,16H2/t17-,18+,20-,24+/m0/s1. The van der Waals surface area contributed by atoms with Gasteiger partial charge in [-0.3, -0.25) is 19.1 Å². The second-order valence-electron chi connectivity index (χ2n) is 9.70. The van der Waals surface area contributed by atoms with Gasteiger partial charge in [0.05, 0.1) is 18.3 Å². The normalized spacial score (nSPS) is 27.1. The molecule has 8 nitrogen and oxygen atoms in total. The monoisotopic (exact) mass is 447 g/mol. The van der Waals surface area contributed by atoms with Crippen molar-refractivity contribution in [3.63, 3.8) is 0 Å². The van der Waals surface area contributed by atoms with Gasteiger partial charge >= 0.3 is 0 Å². The summed E-state index contributed by atoms with van der Waals surface area (Å²) in [5, 5.41) is 9.80. The van der Waals surface area contributed by atoms with Crippen molar-refractivity contribution in [2.45, 2.75) is 43.8 Å². The minimum absolute atomic E-state index is 0.0147. The number of carbonyl (C=O) groups is 1. The Morgan fingerprint density at radius 3 is 2.91 bits per heavy atom.